The van der Waals surface area contributed by atoms with Crippen LogP contribution in [0.5, 0.6) is 0 Å². The third kappa shape index (κ3) is 9.87. The van der Waals surface area contributed by atoms with E-state index >= 15 is 0 Å². The Morgan fingerprint density at radius 3 is 1.94 bits per heavy atom. The van der Waals surface area contributed by atoms with E-state index in [1.165, 1.54) is 0 Å². The Balaban J connectivity index is 2.27. The van der Waals surface area contributed by atoms with Gasteiger partial charge in [0.2, 0.25) is 0 Å². The Hall–Kier alpha value is -2.53. The highest BCUT2D eigenvalue weighted by molar-refractivity contribution is 5.69. The SMILES string of the molecule is CCN1CCN(CC(=O)O)CCN(CC(=O)O)CCN(CC=O)C(Cc2ccc(N)cc2)C1. The number of benzene rings is 1. The minimum atomic E-state index is -0.926. The van der Waals surface area contributed by atoms with Crippen LogP contribution >= 0.6 is 0 Å². The van der Waals surface area contributed by atoms with Crippen molar-refractivity contribution in [1.82, 2.24) is 19.6 Å². The lowest BCUT2D eigenvalue weighted by Crippen LogP contribution is -2.52. The van der Waals surface area contributed by atoms with Crippen LogP contribution in [0.3, 0.4) is 0 Å². The number of likely N-dealkylation sites (N-methyl/N-ethyl adjacent to an activating group) is 1. The first-order valence-electron chi connectivity index (χ1n) is 11.4. The molecule has 0 aliphatic carbocycles. The second kappa shape index (κ2) is 13.9. The smallest absolute Gasteiger partial charge is 0.317 e. The van der Waals surface area contributed by atoms with E-state index in [0.717, 1.165) is 24.8 Å². The topological polar surface area (TPSA) is 131 Å². The summed E-state index contributed by atoms with van der Waals surface area (Å²) in [4.78, 5) is 42.3. The Kier molecular flexibility index (Phi) is 11.2. The van der Waals surface area contributed by atoms with E-state index in [1.54, 1.807) is 0 Å². The summed E-state index contributed by atoms with van der Waals surface area (Å²) in [6.45, 7) is 6.86. The fourth-order valence-corrected chi connectivity index (χ4v) is 4.19. The molecule has 2 rings (SSSR count). The van der Waals surface area contributed by atoms with Crippen molar-refractivity contribution in [3.63, 3.8) is 0 Å². The molecule has 1 aliphatic rings. The molecular weight excluding hydrogens is 426 g/mol. The summed E-state index contributed by atoms with van der Waals surface area (Å²) < 4.78 is 0. The van der Waals surface area contributed by atoms with E-state index in [-0.39, 0.29) is 25.7 Å². The molecule has 1 unspecified atom stereocenters. The first-order chi connectivity index (χ1) is 15.8. The number of carbonyl (C=O) groups is 3. The molecule has 0 saturated carbocycles. The van der Waals surface area contributed by atoms with Crippen LogP contribution in [0.15, 0.2) is 24.3 Å². The van der Waals surface area contributed by atoms with Gasteiger partial charge in [-0.25, -0.2) is 0 Å². The zero-order valence-electron chi connectivity index (χ0n) is 19.4. The van der Waals surface area contributed by atoms with Crippen LogP contribution in [0.25, 0.3) is 0 Å². The van der Waals surface area contributed by atoms with Gasteiger partial charge in [-0.1, -0.05) is 19.1 Å². The summed E-state index contributed by atoms with van der Waals surface area (Å²) >= 11 is 0. The maximum Gasteiger partial charge on any atom is 0.317 e. The van der Waals surface area contributed by atoms with E-state index in [1.807, 2.05) is 34.1 Å². The van der Waals surface area contributed by atoms with Crippen LogP contribution in [0.1, 0.15) is 12.5 Å². The van der Waals surface area contributed by atoms with Crippen molar-refractivity contribution in [2.24, 2.45) is 0 Å². The zero-order chi connectivity index (χ0) is 24.2. The highest BCUT2D eigenvalue weighted by atomic mass is 16.4. The first-order valence-corrected chi connectivity index (χ1v) is 11.4. The van der Waals surface area contributed by atoms with E-state index < -0.39 is 11.9 Å². The minimum Gasteiger partial charge on any atom is -0.480 e. The maximum absolute atomic E-state index is 11.5. The number of carbonyl (C=O) groups excluding carboxylic acids is 1. The molecule has 1 aromatic rings. The van der Waals surface area contributed by atoms with E-state index in [4.69, 9.17) is 5.73 Å². The molecule has 0 amide bonds. The molecule has 1 heterocycles. The number of rotatable bonds is 9. The summed E-state index contributed by atoms with van der Waals surface area (Å²) in [5.41, 5.74) is 7.64. The standard InChI is InChI=1S/C23H37N5O5/c1-2-25-7-8-26(17-22(30)31)9-10-27(18-23(32)33)11-12-28(13-14-29)21(16-25)15-19-3-5-20(24)6-4-19/h3-6,14,21H,2,7-13,15-18,24H2,1H3,(H,30,31)(H,32,33). The van der Waals surface area contributed by atoms with Crippen molar-refractivity contribution < 1.29 is 24.6 Å². The lowest BCUT2D eigenvalue weighted by molar-refractivity contribution is -0.140. The Bertz CT molecular complexity index is 760. The second-order valence-corrected chi connectivity index (χ2v) is 8.49. The molecule has 10 nitrogen and oxygen atoms in total. The van der Waals surface area contributed by atoms with Gasteiger partial charge in [0.15, 0.2) is 0 Å². The molecule has 0 bridgehead atoms. The van der Waals surface area contributed by atoms with Gasteiger partial charge in [0.05, 0.1) is 19.6 Å². The summed E-state index contributed by atoms with van der Waals surface area (Å²) in [6.07, 6.45) is 1.62. The molecule has 10 heteroatoms. The van der Waals surface area contributed by atoms with Crippen LogP contribution in [-0.2, 0) is 20.8 Å². The average Bonchev–Trinajstić information content (AvgIpc) is 2.76. The number of hydrogen-bond donors (Lipinski definition) is 3. The van der Waals surface area contributed by atoms with E-state index in [9.17, 15) is 24.6 Å². The van der Waals surface area contributed by atoms with Crippen molar-refractivity contribution >= 4 is 23.9 Å². The van der Waals surface area contributed by atoms with Gasteiger partial charge in [0.1, 0.15) is 6.29 Å². The summed E-state index contributed by atoms with van der Waals surface area (Å²) in [6, 6.07) is 7.76. The van der Waals surface area contributed by atoms with Gasteiger partial charge in [-0.15, -0.1) is 0 Å². The third-order valence-corrected chi connectivity index (χ3v) is 6.08. The lowest BCUT2D eigenvalue weighted by atomic mass is 10.0. The van der Waals surface area contributed by atoms with Gasteiger partial charge < -0.3 is 25.6 Å². The van der Waals surface area contributed by atoms with Crippen LogP contribution in [0, 0.1) is 0 Å². The molecule has 1 saturated heterocycles. The van der Waals surface area contributed by atoms with E-state index in [2.05, 4.69) is 16.7 Å². The molecule has 184 valence electrons. The Morgan fingerprint density at radius 1 is 0.939 bits per heavy atom. The van der Waals surface area contributed by atoms with E-state index in [0.29, 0.717) is 51.5 Å². The number of anilines is 1. The number of nitrogens with two attached hydrogens (primary N) is 1. The van der Waals surface area contributed by atoms with Gasteiger partial charge in [0, 0.05) is 57.5 Å². The number of hydrogen-bond acceptors (Lipinski definition) is 8. The van der Waals surface area contributed by atoms with Gasteiger partial charge in [-0.05, 0) is 30.7 Å². The largest absolute Gasteiger partial charge is 0.480 e. The van der Waals surface area contributed by atoms with Crippen molar-refractivity contribution in [3.05, 3.63) is 29.8 Å². The average molecular weight is 464 g/mol. The van der Waals surface area contributed by atoms with Gasteiger partial charge in [-0.3, -0.25) is 24.3 Å². The second-order valence-electron chi connectivity index (χ2n) is 8.49. The van der Waals surface area contributed by atoms with Crippen LogP contribution in [-0.4, -0.2) is 126 Å². The number of nitrogens with zero attached hydrogens (tertiary/aromatic N) is 4. The number of carboxylic acid groups (broad SMARTS) is 2. The Morgan fingerprint density at radius 2 is 1.45 bits per heavy atom. The fraction of sp³-hybridized carbons (Fsp3) is 0.609. The molecule has 4 N–H and O–H groups in total. The monoisotopic (exact) mass is 463 g/mol. The Labute approximate surface area is 195 Å². The lowest BCUT2D eigenvalue weighted by Gasteiger charge is -2.37. The zero-order valence-corrected chi connectivity index (χ0v) is 19.4. The van der Waals surface area contributed by atoms with Crippen molar-refractivity contribution in [2.75, 3.05) is 77.7 Å². The third-order valence-electron chi connectivity index (χ3n) is 6.08. The number of nitrogen functional groups attached to an aromatic ring is 1. The molecular formula is C23H37N5O5. The van der Waals surface area contributed by atoms with Gasteiger partial charge in [-0.2, -0.15) is 0 Å². The number of aldehydes is 1. The quantitative estimate of drug-likeness (QED) is 0.334. The van der Waals surface area contributed by atoms with Crippen LogP contribution in [0.2, 0.25) is 0 Å². The highest BCUT2D eigenvalue weighted by Gasteiger charge is 2.24. The molecule has 1 aromatic carbocycles. The molecule has 1 fully saturated rings. The minimum absolute atomic E-state index is 0.0396. The van der Waals surface area contributed by atoms with Gasteiger partial charge >= 0.3 is 11.9 Å². The van der Waals surface area contributed by atoms with Gasteiger partial charge in [0.25, 0.3) is 0 Å². The number of aliphatic carboxylic acids is 2. The molecule has 1 aliphatic heterocycles. The fourth-order valence-electron chi connectivity index (χ4n) is 4.19. The van der Waals surface area contributed by atoms with Crippen molar-refractivity contribution in [3.8, 4) is 0 Å². The predicted molar refractivity (Wildman–Crippen MR) is 126 cm³/mol. The number of carboxylic acids is 2. The normalized spacial score (nSPS) is 20.6. The maximum atomic E-state index is 11.5. The molecule has 1 atom stereocenters. The highest BCUT2D eigenvalue weighted by Crippen LogP contribution is 2.14. The van der Waals surface area contributed by atoms with Crippen molar-refractivity contribution in [2.45, 2.75) is 19.4 Å². The van der Waals surface area contributed by atoms with Crippen LogP contribution in [0.4, 0.5) is 5.69 Å². The molecule has 0 aromatic heterocycles. The predicted octanol–water partition coefficient (Wildman–Crippen LogP) is -0.210. The molecule has 0 spiro atoms. The van der Waals surface area contributed by atoms with Crippen LogP contribution < -0.4 is 5.73 Å². The molecule has 33 heavy (non-hydrogen) atoms. The summed E-state index contributed by atoms with van der Waals surface area (Å²) in [7, 11) is 0. The first kappa shape index (κ1) is 26.7. The van der Waals surface area contributed by atoms with Crippen molar-refractivity contribution in [1.29, 1.82) is 0 Å². The summed E-state index contributed by atoms with van der Waals surface area (Å²) in [5.74, 6) is -1.82. The summed E-state index contributed by atoms with van der Waals surface area (Å²) in [5, 5.41) is 18.6. The molecule has 0 radical (unpaired) electrons.